The number of amides is 1. The van der Waals surface area contributed by atoms with E-state index in [0.29, 0.717) is 11.1 Å². The summed E-state index contributed by atoms with van der Waals surface area (Å²) in [4.78, 5) is 69.1. The van der Waals surface area contributed by atoms with Gasteiger partial charge in [-0.05, 0) is 36.5 Å². The Morgan fingerprint density at radius 1 is 0.983 bits per heavy atom. The number of carbonyl (C=O) groups is 5. The lowest BCUT2D eigenvalue weighted by atomic mass is 9.42. The Labute approximate surface area is 337 Å². The summed E-state index contributed by atoms with van der Waals surface area (Å²) in [5, 5.41) is 51.8. The molecule has 2 unspecified atom stereocenters. The Balaban J connectivity index is 1.48. The third-order valence-corrected chi connectivity index (χ3v) is 13.2. The highest BCUT2D eigenvalue weighted by Gasteiger charge is 2.76. The normalized spacial score (nSPS) is 33.6. The van der Waals surface area contributed by atoms with Gasteiger partial charge in [-0.25, -0.2) is 9.59 Å². The minimum absolute atomic E-state index is 0.0105. The third-order valence-electron chi connectivity index (χ3n) is 13.2. The average Bonchev–Trinajstić information content (AvgIpc) is 3.17. The highest BCUT2D eigenvalue weighted by molar-refractivity contribution is 5.97. The molecule has 6 rings (SSSR count). The summed E-state index contributed by atoms with van der Waals surface area (Å²) < 4.78 is 23.3. The topological polar surface area (TPSA) is 215 Å². The number of rotatable bonds is 11. The molecule has 0 aromatic heterocycles. The SMILES string of the molecule is CC(=O)O[C@@]12CO[C@@H]1C[C@H](O)[C@@]1(C)C(=O)[C@H](O)C3=C(C)[C@@H](OC(=O)[C@H](O)[C@@H](NC(=O)OCC(C)C)c4ccccc4)C[C@@](O)(C(CC(=O)c4ccccc4)C12)C3(C)C. The van der Waals surface area contributed by atoms with Crippen molar-refractivity contribution in [2.75, 3.05) is 13.2 Å². The second kappa shape index (κ2) is 15.9. The molecule has 11 atom stereocenters. The number of ether oxygens (including phenoxy) is 4. The fourth-order valence-corrected chi connectivity index (χ4v) is 10.2. The van der Waals surface area contributed by atoms with Crippen LogP contribution in [0.1, 0.15) is 89.7 Å². The maximum Gasteiger partial charge on any atom is 0.407 e. The lowest BCUT2D eigenvalue weighted by Crippen LogP contribution is -2.80. The second-order valence-corrected chi connectivity index (χ2v) is 17.5. The maximum atomic E-state index is 15.0. The van der Waals surface area contributed by atoms with Crippen molar-refractivity contribution in [1.82, 2.24) is 5.32 Å². The molecule has 14 nitrogen and oxygen atoms in total. The summed E-state index contributed by atoms with van der Waals surface area (Å²) in [6.07, 6.45) is -9.52. The molecule has 1 aliphatic heterocycles. The molecular weight excluding hydrogens is 750 g/mol. The Kier molecular flexibility index (Phi) is 11.9. The van der Waals surface area contributed by atoms with Gasteiger partial charge in [0.2, 0.25) is 0 Å². The van der Waals surface area contributed by atoms with Gasteiger partial charge in [-0.2, -0.15) is 0 Å². The molecule has 0 radical (unpaired) electrons. The zero-order chi connectivity index (χ0) is 42.5. The van der Waals surface area contributed by atoms with E-state index in [1.54, 1.807) is 81.4 Å². The van der Waals surface area contributed by atoms with E-state index in [1.807, 2.05) is 13.8 Å². The van der Waals surface area contributed by atoms with E-state index in [1.165, 1.54) is 13.8 Å². The molecule has 3 fully saturated rings. The van der Waals surface area contributed by atoms with Crippen LogP contribution in [0.4, 0.5) is 4.79 Å². The van der Waals surface area contributed by atoms with Crippen molar-refractivity contribution in [2.24, 2.45) is 28.6 Å². The number of ketones is 2. The summed E-state index contributed by atoms with van der Waals surface area (Å²) in [5.74, 6) is -5.73. The molecule has 58 heavy (non-hydrogen) atoms. The van der Waals surface area contributed by atoms with Crippen LogP contribution in [-0.4, -0.2) is 105 Å². The minimum Gasteiger partial charge on any atom is -0.456 e. The molecule has 1 heterocycles. The number of aliphatic hydroxyl groups excluding tert-OH is 3. The second-order valence-electron chi connectivity index (χ2n) is 17.5. The van der Waals surface area contributed by atoms with Crippen molar-refractivity contribution in [3.05, 3.63) is 82.9 Å². The van der Waals surface area contributed by atoms with Gasteiger partial charge in [-0.3, -0.25) is 14.4 Å². The fraction of sp³-hybridized carbons (Fsp3) is 0.568. The van der Waals surface area contributed by atoms with E-state index in [2.05, 4.69) is 5.32 Å². The third kappa shape index (κ3) is 7.16. The standard InChI is InChI=1S/C44H55NO13/c1-23(2)21-55-40(53)45-34(27-16-12-9-13-17-27)36(50)39(52)57-30-20-44(54)28(18-29(47)26-14-10-8-11-15-26)37-42(7,38(51)35(49)33(24(30)3)41(44,5)6)31(48)19-32-43(37,22-56-32)58-25(4)46/h8-17,23,28,30-32,34-37,48-50,54H,18-22H2,1-7H3,(H,45,53)/t28?,30-,31-,32+,34-,35+,36+,37?,42+,43-,44+/m0/s1. The number of hydrogen-bond donors (Lipinski definition) is 5. The van der Waals surface area contributed by atoms with Crippen LogP contribution in [0.2, 0.25) is 0 Å². The van der Waals surface area contributed by atoms with E-state index in [0.717, 1.165) is 0 Å². The quantitative estimate of drug-likeness (QED) is 0.0948. The van der Waals surface area contributed by atoms with Gasteiger partial charge in [-0.1, -0.05) is 88.4 Å². The van der Waals surface area contributed by atoms with Gasteiger partial charge < -0.3 is 44.7 Å². The monoisotopic (exact) mass is 805 g/mol. The van der Waals surface area contributed by atoms with Crippen molar-refractivity contribution in [3.8, 4) is 0 Å². The molecule has 2 saturated carbocycles. The van der Waals surface area contributed by atoms with E-state index in [4.69, 9.17) is 18.9 Å². The van der Waals surface area contributed by atoms with Crippen molar-refractivity contribution >= 4 is 29.6 Å². The van der Waals surface area contributed by atoms with Crippen molar-refractivity contribution in [1.29, 1.82) is 0 Å². The summed E-state index contributed by atoms with van der Waals surface area (Å²) >= 11 is 0. The Hall–Kier alpha value is -4.47. The number of alkyl carbamates (subject to hydrolysis) is 1. The van der Waals surface area contributed by atoms with Crippen LogP contribution in [0.15, 0.2) is 71.8 Å². The first kappa shape index (κ1) is 43.1. The first-order valence-corrected chi connectivity index (χ1v) is 19.8. The predicted molar refractivity (Wildman–Crippen MR) is 207 cm³/mol. The van der Waals surface area contributed by atoms with E-state index < -0.39 is 113 Å². The van der Waals surface area contributed by atoms with Gasteiger partial charge in [0, 0.05) is 49.0 Å². The van der Waals surface area contributed by atoms with Gasteiger partial charge >= 0.3 is 18.0 Å². The maximum absolute atomic E-state index is 15.0. The summed E-state index contributed by atoms with van der Waals surface area (Å²) in [6.45, 7) is 11.0. The number of nitrogens with one attached hydrogen (secondary N) is 1. The molecule has 2 aromatic carbocycles. The minimum atomic E-state index is -2.13. The Morgan fingerprint density at radius 2 is 1.60 bits per heavy atom. The summed E-state index contributed by atoms with van der Waals surface area (Å²) in [5.41, 5.74) is -6.21. The van der Waals surface area contributed by atoms with Gasteiger partial charge in [0.25, 0.3) is 0 Å². The largest absolute Gasteiger partial charge is 0.456 e. The number of benzene rings is 2. The van der Waals surface area contributed by atoms with E-state index in [-0.39, 0.29) is 36.7 Å². The Bertz CT molecular complexity index is 1950. The molecule has 1 amide bonds. The smallest absolute Gasteiger partial charge is 0.407 e. The van der Waals surface area contributed by atoms with E-state index >= 15 is 0 Å². The summed E-state index contributed by atoms with van der Waals surface area (Å²) in [6, 6.07) is 15.2. The highest BCUT2D eigenvalue weighted by atomic mass is 16.6. The lowest BCUT2D eigenvalue weighted by molar-refractivity contribution is -0.339. The van der Waals surface area contributed by atoms with Crippen LogP contribution < -0.4 is 5.32 Å². The molecule has 14 heteroatoms. The highest BCUT2D eigenvalue weighted by Crippen LogP contribution is 2.66. The zero-order valence-corrected chi connectivity index (χ0v) is 34.0. The zero-order valence-electron chi connectivity index (χ0n) is 34.0. The molecule has 2 bridgehead atoms. The summed E-state index contributed by atoms with van der Waals surface area (Å²) in [7, 11) is 0. The number of aliphatic hydroxyl groups is 4. The number of fused-ring (bicyclic) bond motifs is 5. The molecule has 3 aliphatic carbocycles. The number of Topliss-reactive ketones (excluding diaryl/α,β-unsaturated/α-hetero) is 2. The lowest BCUT2D eigenvalue weighted by Gasteiger charge is -2.68. The molecule has 5 N–H and O–H groups in total. The van der Waals surface area contributed by atoms with Crippen LogP contribution >= 0.6 is 0 Å². The molecule has 4 aliphatic rings. The van der Waals surface area contributed by atoms with Crippen molar-refractivity contribution in [2.45, 2.75) is 115 Å². The van der Waals surface area contributed by atoms with Crippen molar-refractivity contribution < 1.29 is 63.3 Å². The molecular formula is C44H55NO13. The van der Waals surface area contributed by atoms with Crippen LogP contribution in [0.25, 0.3) is 0 Å². The Morgan fingerprint density at radius 3 is 2.17 bits per heavy atom. The number of esters is 2. The van der Waals surface area contributed by atoms with Gasteiger partial charge in [0.05, 0.1) is 36.4 Å². The predicted octanol–water partition coefficient (Wildman–Crippen LogP) is 3.78. The number of carbonyl (C=O) groups excluding carboxylic acids is 5. The first-order chi connectivity index (χ1) is 27.2. The molecule has 2 aromatic rings. The van der Waals surface area contributed by atoms with Crippen LogP contribution in [0, 0.1) is 28.6 Å². The van der Waals surface area contributed by atoms with Gasteiger partial charge in [0.1, 0.15) is 18.3 Å². The van der Waals surface area contributed by atoms with Crippen LogP contribution in [-0.2, 0) is 33.3 Å². The van der Waals surface area contributed by atoms with Gasteiger partial charge in [0.15, 0.2) is 23.3 Å². The van der Waals surface area contributed by atoms with Crippen LogP contribution in [0.3, 0.4) is 0 Å². The average molecular weight is 806 g/mol. The molecule has 1 saturated heterocycles. The van der Waals surface area contributed by atoms with Crippen molar-refractivity contribution in [3.63, 3.8) is 0 Å². The fourth-order valence-electron chi connectivity index (χ4n) is 10.2. The van der Waals surface area contributed by atoms with Gasteiger partial charge in [-0.15, -0.1) is 0 Å². The number of hydrogen-bond acceptors (Lipinski definition) is 13. The molecule has 0 spiro atoms. The van der Waals surface area contributed by atoms with E-state index in [9.17, 15) is 44.4 Å². The van der Waals surface area contributed by atoms with Crippen LogP contribution in [0.5, 0.6) is 0 Å². The first-order valence-electron chi connectivity index (χ1n) is 19.8. The molecule has 314 valence electrons.